The van der Waals surface area contributed by atoms with Crippen molar-refractivity contribution >= 4 is 35.1 Å². The van der Waals surface area contributed by atoms with E-state index >= 15 is 0 Å². The van der Waals surface area contributed by atoms with Gasteiger partial charge in [-0.1, -0.05) is 11.6 Å². The number of rotatable bonds is 5. The van der Waals surface area contributed by atoms with Crippen molar-refractivity contribution in [2.24, 2.45) is 0 Å². The van der Waals surface area contributed by atoms with Crippen molar-refractivity contribution < 1.29 is 9.90 Å². The largest absolute Gasteiger partial charge is 0.389 e. The molecule has 1 rings (SSSR count). The molecular formula is C14H21ClN2O2S. The quantitative estimate of drug-likeness (QED) is 0.815. The third-order valence-electron chi connectivity index (χ3n) is 2.65. The van der Waals surface area contributed by atoms with E-state index in [0.717, 1.165) is 4.90 Å². The van der Waals surface area contributed by atoms with Gasteiger partial charge in [-0.15, -0.1) is 11.8 Å². The van der Waals surface area contributed by atoms with Gasteiger partial charge in [0.15, 0.2) is 0 Å². The molecule has 6 heteroatoms. The first-order valence-corrected chi connectivity index (χ1v) is 7.99. The summed E-state index contributed by atoms with van der Waals surface area (Å²) in [6.07, 6.45) is 1.94. The molecule has 0 unspecified atom stereocenters. The summed E-state index contributed by atoms with van der Waals surface area (Å²) in [4.78, 5) is 14.8. The maximum atomic E-state index is 12.3. The van der Waals surface area contributed by atoms with Gasteiger partial charge in [-0.05, 0) is 45.2 Å². The fourth-order valence-corrected chi connectivity index (χ4v) is 2.47. The Labute approximate surface area is 129 Å². The number of hydrogen-bond acceptors (Lipinski definition) is 3. The highest BCUT2D eigenvalue weighted by Crippen LogP contribution is 2.28. The van der Waals surface area contributed by atoms with Gasteiger partial charge >= 0.3 is 6.03 Å². The lowest BCUT2D eigenvalue weighted by Gasteiger charge is -2.28. The van der Waals surface area contributed by atoms with E-state index in [0.29, 0.717) is 17.3 Å². The number of likely N-dealkylation sites (N-methyl/N-ethyl adjacent to an activating group) is 1. The molecule has 0 saturated carbocycles. The fraction of sp³-hybridized carbons (Fsp3) is 0.500. The predicted molar refractivity (Wildman–Crippen MR) is 85.8 cm³/mol. The van der Waals surface area contributed by atoms with Crippen molar-refractivity contribution in [2.45, 2.75) is 31.3 Å². The van der Waals surface area contributed by atoms with Crippen molar-refractivity contribution in [3.63, 3.8) is 0 Å². The molecular weight excluding hydrogens is 296 g/mol. The van der Waals surface area contributed by atoms with Crippen LogP contribution in [-0.2, 0) is 0 Å². The Morgan fingerprint density at radius 1 is 1.50 bits per heavy atom. The van der Waals surface area contributed by atoms with E-state index in [9.17, 15) is 9.90 Å². The average molecular weight is 317 g/mol. The molecule has 4 nitrogen and oxygen atoms in total. The monoisotopic (exact) mass is 316 g/mol. The molecule has 0 heterocycles. The highest BCUT2D eigenvalue weighted by Gasteiger charge is 2.21. The Kier molecular flexibility index (Phi) is 6.17. The number of nitrogens with one attached hydrogen (secondary N) is 1. The average Bonchev–Trinajstić information content (AvgIpc) is 2.35. The zero-order chi connectivity index (χ0) is 15.3. The summed E-state index contributed by atoms with van der Waals surface area (Å²) in [6.45, 7) is 6.01. The molecule has 0 aliphatic heterocycles. The second kappa shape index (κ2) is 7.20. The van der Waals surface area contributed by atoms with Gasteiger partial charge in [0.05, 0.1) is 17.8 Å². The molecule has 0 aliphatic carbocycles. The fourth-order valence-electron chi connectivity index (χ4n) is 1.77. The van der Waals surface area contributed by atoms with Crippen LogP contribution in [0.1, 0.15) is 20.8 Å². The van der Waals surface area contributed by atoms with Crippen LogP contribution in [0.5, 0.6) is 0 Å². The minimum Gasteiger partial charge on any atom is -0.389 e. The van der Waals surface area contributed by atoms with E-state index in [1.165, 1.54) is 11.8 Å². The van der Waals surface area contributed by atoms with Gasteiger partial charge in [0.25, 0.3) is 0 Å². The Hall–Kier alpha value is -0.910. The molecule has 20 heavy (non-hydrogen) atoms. The van der Waals surface area contributed by atoms with Gasteiger partial charge in [-0.25, -0.2) is 4.79 Å². The van der Waals surface area contributed by atoms with E-state index in [1.54, 1.807) is 30.9 Å². The van der Waals surface area contributed by atoms with Crippen molar-refractivity contribution in [1.82, 2.24) is 4.90 Å². The van der Waals surface area contributed by atoms with Crippen molar-refractivity contribution in [3.05, 3.63) is 23.2 Å². The van der Waals surface area contributed by atoms with E-state index in [4.69, 9.17) is 11.6 Å². The standard InChI is InChI=1S/C14H21ClN2O2S/c1-5-17(9-14(2,3)19)13(18)16-11-8-10(15)6-7-12(11)20-4/h6-8,19H,5,9H2,1-4H3,(H,16,18). The Morgan fingerprint density at radius 3 is 2.65 bits per heavy atom. The first kappa shape index (κ1) is 17.1. The number of thioether (sulfide) groups is 1. The van der Waals surface area contributed by atoms with Crippen molar-refractivity contribution in [1.29, 1.82) is 0 Å². The van der Waals surface area contributed by atoms with Crippen LogP contribution in [0, 0.1) is 0 Å². The van der Waals surface area contributed by atoms with E-state index in [1.807, 2.05) is 19.2 Å². The van der Waals surface area contributed by atoms with Crippen LogP contribution >= 0.6 is 23.4 Å². The molecule has 1 aromatic carbocycles. The van der Waals surface area contributed by atoms with E-state index < -0.39 is 5.60 Å². The molecule has 112 valence electrons. The summed E-state index contributed by atoms with van der Waals surface area (Å²) >= 11 is 7.50. The van der Waals surface area contributed by atoms with Crippen LogP contribution in [0.25, 0.3) is 0 Å². The molecule has 0 atom stereocenters. The lowest BCUT2D eigenvalue weighted by molar-refractivity contribution is 0.0501. The number of halogens is 1. The normalized spacial score (nSPS) is 11.3. The SMILES string of the molecule is CCN(CC(C)(C)O)C(=O)Nc1cc(Cl)ccc1SC. The summed E-state index contributed by atoms with van der Waals surface area (Å²) in [7, 11) is 0. The minimum absolute atomic E-state index is 0.243. The number of nitrogens with zero attached hydrogens (tertiary/aromatic N) is 1. The Bertz CT molecular complexity index is 475. The summed E-state index contributed by atoms with van der Waals surface area (Å²) in [5.41, 5.74) is -0.242. The molecule has 0 saturated heterocycles. The molecule has 0 spiro atoms. The smallest absolute Gasteiger partial charge is 0.321 e. The van der Waals surface area contributed by atoms with Crippen molar-refractivity contribution in [2.75, 3.05) is 24.7 Å². The van der Waals surface area contributed by atoms with Gasteiger partial charge in [-0.2, -0.15) is 0 Å². The number of amides is 2. The van der Waals surface area contributed by atoms with E-state index in [-0.39, 0.29) is 12.6 Å². The van der Waals surface area contributed by atoms with Crippen LogP contribution in [0.15, 0.2) is 23.1 Å². The lowest BCUT2D eigenvalue weighted by atomic mass is 10.1. The summed E-state index contributed by atoms with van der Waals surface area (Å²) < 4.78 is 0. The van der Waals surface area contributed by atoms with E-state index in [2.05, 4.69) is 5.32 Å². The number of benzene rings is 1. The zero-order valence-corrected chi connectivity index (χ0v) is 13.8. The van der Waals surface area contributed by atoms with Gasteiger partial charge in [0.1, 0.15) is 0 Å². The number of urea groups is 1. The predicted octanol–water partition coefficient (Wildman–Crippen LogP) is 3.69. The number of aliphatic hydroxyl groups is 1. The van der Waals surface area contributed by atoms with Crippen molar-refractivity contribution in [3.8, 4) is 0 Å². The molecule has 0 aromatic heterocycles. The topological polar surface area (TPSA) is 52.6 Å². The molecule has 0 radical (unpaired) electrons. The zero-order valence-electron chi connectivity index (χ0n) is 12.2. The number of anilines is 1. The molecule has 0 fully saturated rings. The third-order valence-corrected chi connectivity index (χ3v) is 3.68. The second-order valence-electron chi connectivity index (χ2n) is 5.10. The number of hydrogen-bond donors (Lipinski definition) is 2. The Balaban J connectivity index is 2.86. The summed E-state index contributed by atoms with van der Waals surface area (Å²) in [5.74, 6) is 0. The van der Waals surface area contributed by atoms with Crippen LogP contribution in [0.3, 0.4) is 0 Å². The first-order valence-electron chi connectivity index (χ1n) is 6.38. The van der Waals surface area contributed by atoms with Crippen LogP contribution < -0.4 is 5.32 Å². The molecule has 2 N–H and O–H groups in total. The van der Waals surface area contributed by atoms with Gasteiger partial charge in [0.2, 0.25) is 0 Å². The molecule has 2 amide bonds. The highest BCUT2D eigenvalue weighted by atomic mass is 35.5. The third kappa shape index (κ3) is 5.23. The number of carbonyl (C=O) groups excluding carboxylic acids is 1. The summed E-state index contributed by atoms with van der Waals surface area (Å²) in [5, 5.41) is 13.3. The van der Waals surface area contributed by atoms with Crippen LogP contribution in [0.4, 0.5) is 10.5 Å². The molecule has 1 aromatic rings. The molecule has 0 bridgehead atoms. The lowest BCUT2D eigenvalue weighted by Crippen LogP contribution is -2.44. The van der Waals surface area contributed by atoms with Gasteiger partial charge in [-0.3, -0.25) is 0 Å². The maximum Gasteiger partial charge on any atom is 0.321 e. The highest BCUT2D eigenvalue weighted by molar-refractivity contribution is 7.98. The van der Waals surface area contributed by atoms with Crippen LogP contribution in [-0.4, -0.2) is 41.0 Å². The van der Waals surface area contributed by atoms with Gasteiger partial charge in [0, 0.05) is 16.5 Å². The minimum atomic E-state index is -0.927. The first-order chi connectivity index (χ1) is 9.26. The second-order valence-corrected chi connectivity index (χ2v) is 6.39. The van der Waals surface area contributed by atoms with Gasteiger partial charge < -0.3 is 15.3 Å². The maximum absolute atomic E-state index is 12.3. The summed E-state index contributed by atoms with van der Waals surface area (Å²) in [6, 6.07) is 5.14. The Morgan fingerprint density at radius 2 is 2.15 bits per heavy atom. The molecule has 0 aliphatic rings. The number of carbonyl (C=O) groups is 1. The van der Waals surface area contributed by atoms with Crippen LogP contribution in [0.2, 0.25) is 5.02 Å².